The van der Waals surface area contributed by atoms with Gasteiger partial charge in [0.25, 0.3) is 0 Å². The second-order valence-corrected chi connectivity index (χ2v) is 2.38. The third kappa shape index (κ3) is 0.929. The minimum Gasteiger partial charge on any atom is -0.278 e. The number of aromatic nitrogens is 2. The molecule has 3 heteroatoms. The van der Waals surface area contributed by atoms with Crippen molar-refractivity contribution < 1.29 is 0 Å². The van der Waals surface area contributed by atoms with Crippen molar-refractivity contribution in [3.63, 3.8) is 0 Å². The fourth-order valence-corrected chi connectivity index (χ4v) is 1.14. The summed E-state index contributed by atoms with van der Waals surface area (Å²) in [5.74, 6) is 2.50. The molecule has 0 spiro atoms. The maximum Gasteiger partial charge on any atom is 0.0839 e. The highest BCUT2D eigenvalue weighted by Gasteiger charge is 1.98. The Labute approximate surface area is 69.4 Å². The number of benzene rings is 1. The van der Waals surface area contributed by atoms with Crippen LogP contribution in [0.5, 0.6) is 0 Å². The van der Waals surface area contributed by atoms with Gasteiger partial charge >= 0.3 is 0 Å². The molecule has 1 N–H and O–H groups in total. The molecule has 1 aromatic heterocycles. The molecule has 0 aliphatic carbocycles. The van der Waals surface area contributed by atoms with Crippen LogP contribution in [-0.4, -0.2) is 16.1 Å². The van der Waals surface area contributed by atoms with Gasteiger partial charge in [-0.25, -0.2) is 4.99 Å². The third-order valence-electron chi connectivity index (χ3n) is 1.66. The second-order valence-electron chi connectivity index (χ2n) is 2.38. The summed E-state index contributed by atoms with van der Waals surface area (Å²) in [5.41, 5.74) is 1.82. The van der Waals surface area contributed by atoms with Crippen molar-refractivity contribution in [1.29, 1.82) is 0 Å². The van der Waals surface area contributed by atoms with Crippen molar-refractivity contribution in [2.24, 2.45) is 4.99 Å². The summed E-state index contributed by atoms with van der Waals surface area (Å²) in [6.45, 7) is 3.42. The molecule has 0 fully saturated rings. The Morgan fingerprint density at radius 1 is 1.50 bits per heavy atom. The first-order valence-corrected chi connectivity index (χ1v) is 3.57. The highest BCUT2D eigenvalue weighted by molar-refractivity contribution is 5.90. The van der Waals surface area contributed by atoms with Crippen LogP contribution < -0.4 is 0 Å². The Bertz CT molecular complexity index is 449. The molecular formula is C9H7N3. The lowest BCUT2D eigenvalue weighted by Gasteiger charge is -1.91. The zero-order chi connectivity index (χ0) is 8.39. The summed E-state index contributed by atoms with van der Waals surface area (Å²) in [6, 6.07) is 5.76. The van der Waals surface area contributed by atoms with Crippen LogP contribution in [0.1, 0.15) is 0 Å². The van der Waals surface area contributed by atoms with Gasteiger partial charge < -0.3 is 0 Å². The van der Waals surface area contributed by atoms with Crippen LogP contribution in [0.4, 0.5) is 5.69 Å². The molecule has 0 radical (unpaired) electrons. The van der Waals surface area contributed by atoms with E-state index in [9.17, 15) is 0 Å². The summed E-state index contributed by atoms with van der Waals surface area (Å²) >= 11 is 0. The molecule has 0 bridgehead atoms. The number of hydrogen-bond donors (Lipinski definition) is 1. The van der Waals surface area contributed by atoms with Crippen LogP contribution in [0.3, 0.4) is 0 Å². The fourth-order valence-electron chi connectivity index (χ4n) is 1.14. The molecule has 0 amide bonds. The second kappa shape index (κ2) is 2.64. The summed E-state index contributed by atoms with van der Waals surface area (Å²) in [4.78, 5) is 3.99. The average Bonchev–Trinajstić information content (AvgIpc) is 2.53. The van der Waals surface area contributed by atoms with Crippen LogP contribution in [0.25, 0.3) is 10.9 Å². The highest BCUT2D eigenvalue weighted by atomic mass is 15.1. The van der Waals surface area contributed by atoms with Crippen molar-refractivity contribution in [3.8, 4) is 0 Å². The number of hydrogen-bond acceptors (Lipinski definition) is 2. The largest absolute Gasteiger partial charge is 0.278 e. The fraction of sp³-hybridized carbons (Fsp3) is 0. The summed E-state index contributed by atoms with van der Waals surface area (Å²) in [5, 5.41) is 7.77. The monoisotopic (exact) mass is 157 g/mol. The number of aliphatic imine (C=N–C) groups is 1. The van der Waals surface area contributed by atoms with E-state index in [2.05, 4.69) is 27.6 Å². The van der Waals surface area contributed by atoms with Crippen LogP contribution in [0.2, 0.25) is 0 Å². The smallest absolute Gasteiger partial charge is 0.0839 e. The first-order chi connectivity index (χ1) is 5.92. The molecule has 1 heterocycles. The van der Waals surface area contributed by atoms with Crippen molar-refractivity contribution in [2.45, 2.75) is 0 Å². The van der Waals surface area contributed by atoms with E-state index in [1.807, 2.05) is 18.2 Å². The third-order valence-corrected chi connectivity index (χ3v) is 1.66. The Morgan fingerprint density at radius 3 is 3.25 bits per heavy atom. The first-order valence-electron chi connectivity index (χ1n) is 3.57. The molecular weight excluding hydrogens is 150 g/mol. The van der Waals surface area contributed by atoms with Gasteiger partial charge in [0.05, 0.1) is 17.4 Å². The van der Waals surface area contributed by atoms with E-state index < -0.39 is 0 Å². The predicted molar refractivity (Wildman–Crippen MR) is 48.8 cm³/mol. The Hall–Kier alpha value is -1.86. The van der Waals surface area contributed by atoms with E-state index in [0.717, 1.165) is 16.6 Å². The molecule has 0 saturated carbocycles. The molecule has 0 aliphatic rings. The molecule has 0 saturated heterocycles. The SMILES string of the molecule is C=C=Nc1cccc2[nH]ncc12. The minimum atomic E-state index is 0.844. The zero-order valence-electron chi connectivity index (χ0n) is 6.41. The topological polar surface area (TPSA) is 41.0 Å². The highest BCUT2D eigenvalue weighted by Crippen LogP contribution is 2.22. The lowest BCUT2D eigenvalue weighted by atomic mass is 10.2. The number of rotatable bonds is 1. The van der Waals surface area contributed by atoms with Crippen LogP contribution >= 0.6 is 0 Å². The summed E-state index contributed by atoms with van der Waals surface area (Å²) in [7, 11) is 0. The van der Waals surface area contributed by atoms with Gasteiger partial charge in [-0.05, 0) is 24.6 Å². The number of nitrogens with one attached hydrogen (secondary N) is 1. The first kappa shape index (κ1) is 6.83. The number of fused-ring (bicyclic) bond motifs is 1. The quantitative estimate of drug-likeness (QED) is 0.632. The molecule has 58 valence electrons. The van der Waals surface area contributed by atoms with Crippen LogP contribution in [-0.2, 0) is 0 Å². The zero-order valence-corrected chi connectivity index (χ0v) is 6.41. The Morgan fingerprint density at radius 2 is 2.42 bits per heavy atom. The maximum absolute atomic E-state index is 3.99. The van der Waals surface area contributed by atoms with Gasteiger partial charge in [-0.15, -0.1) is 0 Å². The molecule has 1 aromatic carbocycles. The lowest BCUT2D eigenvalue weighted by Crippen LogP contribution is -1.67. The maximum atomic E-state index is 3.99. The predicted octanol–water partition coefficient (Wildman–Crippen LogP) is 2.05. The van der Waals surface area contributed by atoms with E-state index >= 15 is 0 Å². The molecule has 0 aliphatic heterocycles. The van der Waals surface area contributed by atoms with Gasteiger partial charge in [-0.1, -0.05) is 6.07 Å². The van der Waals surface area contributed by atoms with Crippen LogP contribution in [0, 0.1) is 0 Å². The van der Waals surface area contributed by atoms with Gasteiger partial charge in [-0.3, -0.25) is 5.10 Å². The van der Waals surface area contributed by atoms with E-state index in [-0.39, 0.29) is 0 Å². The van der Waals surface area contributed by atoms with E-state index in [0.29, 0.717) is 0 Å². The molecule has 2 aromatic rings. The Kier molecular flexibility index (Phi) is 1.50. The normalized spacial score (nSPS) is 9.67. The number of aromatic amines is 1. The van der Waals surface area contributed by atoms with Crippen LogP contribution in [0.15, 0.2) is 36.0 Å². The van der Waals surface area contributed by atoms with E-state index in [4.69, 9.17) is 0 Å². The minimum absolute atomic E-state index is 0.844. The molecule has 0 unspecified atom stereocenters. The molecule has 2 rings (SSSR count). The number of nitrogens with zero attached hydrogens (tertiary/aromatic N) is 2. The number of H-pyrrole nitrogens is 1. The van der Waals surface area contributed by atoms with E-state index in [1.54, 1.807) is 6.20 Å². The van der Waals surface area contributed by atoms with Gasteiger partial charge in [0.1, 0.15) is 0 Å². The van der Waals surface area contributed by atoms with Gasteiger partial charge in [0.2, 0.25) is 0 Å². The van der Waals surface area contributed by atoms with Gasteiger partial charge in [0.15, 0.2) is 0 Å². The van der Waals surface area contributed by atoms with Gasteiger partial charge in [-0.2, -0.15) is 5.10 Å². The van der Waals surface area contributed by atoms with Crippen molar-refractivity contribution in [1.82, 2.24) is 10.2 Å². The summed E-state index contributed by atoms with van der Waals surface area (Å²) in [6.07, 6.45) is 1.74. The van der Waals surface area contributed by atoms with Crippen molar-refractivity contribution in [2.75, 3.05) is 0 Å². The average molecular weight is 157 g/mol. The standard InChI is InChI=1S/C9H7N3/c1-2-10-8-4-3-5-9-7(8)6-11-12-9/h3-6H,1H2,(H,11,12). The van der Waals surface area contributed by atoms with Crippen molar-refractivity contribution in [3.05, 3.63) is 31.0 Å². The molecule has 3 nitrogen and oxygen atoms in total. The molecule has 0 atom stereocenters. The van der Waals surface area contributed by atoms with Gasteiger partial charge in [0, 0.05) is 5.39 Å². The molecule has 12 heavy (non-hydrogen) atoms. The van der Waals surface area contributed by atoms with E-state index in [1.165, 1.54) is 0 Å². The van der Waals surface area contributed by atoms with Crippen molar-refractivity contribution >= 4 is 22.5 Å². The Balaban J connectivity index is 2.81. The lowest BCUT2D eigenvalue weighted by molar-refractivity contribution is 1.12. The summed E-state index contributed by atoms with van der Waals surface area (Å²) < 4.78 is 0.